The number of fused-ring (bicyclic) bond motifs is 1. The van der Waals surface area contributed by atoms with Crippen LogP contribution >= 0.6 is 23.4 Å². The van der Waals surface area contributed by atoms with E-state index in [0.29, 0.717) is 0 Å². The highest BCUT2D eigenvalue weighted by Crippen LogP contribution is 2.40. The van der Waals surface area contributed by atoms with Crippen molar-refractivity contribution >= 4 is 58.6 Å². The molecule has 0 bridgehead atoms. The summed E-state index contributed by atoms with van der Waals surface area (Å²) in [5.74, 6) is -5.10. The molecular weight excluding hydrogens is 638 g/mol. The van der Waals surface area contributed by atoms with Gasteiger partial charge < -0.3 is 35.4 Å². The van der Waals surface area contributed by atoms with Gasteiger partial charge in [-0.2, -0.15) is 0 Å². The third-order valence-electron chi connectivity index (χ3n) is 6.58. The van der Waals surface area contributed by atoms with Crippen LogP contribution in [-0.4, -0.2) is 90.0 Å². The van der Waals surface area contributed by atoms with E-state index in [2.05, 4.69) is 74.5 Å². The Morgan fingerprint density at radius 2 is 1.57 bits per heavy atom. The maximum Gasteiger partial charge on any atom is 0.302 e. The van der Waals surface area contributed by atoms with Gasteiger partial charge in [-0.3, -0.25) is 24.1 Å². The number of carboxylic acid groups (broad SMARTS) is 1. The summed E-state index contributed by atoms with van der Waals surface area (Å²) in [5, 5.41) is 23.3. The van der Waals surface area contributed by atoms with E-state index in [9.17, 15) is 29.1 Å². The number of hydrogen-bond acceptors (Lipinski definition) is 12. The van der Waals surface area contributed by atoms with Crippen molar-refractivity contribution in [2.75, 3.05) is 38.4 Å². The van der Waals surface area contributed by atoms with Crippen molar-refractivity contribution < 1.29 is 38.7 Å². The van der Waals surface area contributed by atoms with Gasteiger partial charge in [-0.1, -0.05) is 65.8 Å². The predicted molar refractivity (Wildman–Crippen MR) is 170 cm³/mol. The molecule has 1 unspecified atom stereocenters. The summed E-state index contributed by atoms with van der Waals surface area (Å²) in [6.07, 6.45) is 0. The highest BCUT2D eigenvalue weighted by atomic mass is 35.5. The van der Waals surface area contributed by atoms with E-state index in [-0.39, 0.29) is 17.9 Å². The fourth-order valence-electron chi connectivity index (χ4n) is 4.39. The SMILES string of the molecule is CO/N=C(/C(=O)CCl)C(=O)N[C@@H]1C(=O)N2C(C(=O)[O-])=C(COC(C)=O)CSC12.c1ccc(CNCCNCc2ccccc2)cc1. The zero-order chi connectivity index (χ0) is 33.5. The fraction of sp³-hybridized carbons (Fsp3) is 0.355. The van der Waals surface area contributed by atoms with Crippen LogP contribution < -0.4 is 21.1 Å². The van der Waals surface area contributed by atoms with Gasteiger partial charge in [-0.05, 0) is 11.1 Å². The number of ketones is 1. The summed E-state index contributed by atoms with van der Waals surface area (Å²) in [6.45, 7) is 4.72. The summed E-state index contributed by atoms with van der Waals surface area (Å²) < 4.78 is 4.80. The van der Waals surface area contributed by atoms with Crippen molar-refractivity contribution in [1.82, 2.24) is 20.9 Å². The first-order valence-electron chi connectivity index (χ1n) is 14.2. The van der Waals surface area contributed by atoms with E-state index < -0.39 is 58.2 Å². The Balaban J connectivity index is 0.000000275. The lowest BCUT2D eigenvalue weighted by molar-refractivity contribution is -0.301. The molecule has 0 aromatic heterocycles. The number of nitrogens with one attached hydrogen (secondary N) is 3. The third kappa shape index (κ3) is 10.4. The van der Waals surface area contributed by atoms with Crippen LogP contribution in [0.25, 0.3) is 0 Å². The van der Waals surface area contributed by atoms with Gasteiger partial charge in [0.15, 0.2) is 0 Å². The summed E-state index contributed by atoms with van der Waals surface area (Å²) in [6, 6.07) is 19.9. The molecule has 46 heavy (non-hydrogen) atoms. The van der Waals surface area contributed by atoms with Crippen molar-refractivity contribution in [3.05, 3.63) is 83.1 Å². The summed E-state index contributed by atoms with van der Waals surface area (Å²) in [5.41, 5.74) is 1.86. The minimum atomic E-state index is -1.61. The number of halogens is 1. The number of nitrogens with zero attached hydrogens (tertiary/aromatic N) is 2. The van der Waals surface area contributed by atoms with Crippen LogP contribution in [0.5, 0.6) is 0 Å². The number of carboxylic acids is 1. The van der Waals surface area contributed by atoms with Gasteiger partial charge in [0.25, 0.3) is 11.8 Å². The molecule has 2 atom stereocenters. The lowest BCUT2D eigenvalue weighted by atomic mass is 10.0. The van der Waals surface area contributed by atoms with E-state index in [1.807, 2.05) is 12.1 Å². The van der Waals surface area contributed by atoms with Gasteiger partial charge in [-0.15, -0.1) is 23.4 Å². The number of β-lactam (4-membered cyclic amide) rings is 1. The Labute approximate surface area is 275 Å². The Morgan fingerprint density at radius 1 is 1.00 bits per heavy atom. The number of benzene rings is 2. The molecule has 13 nitrogen and oxygen atoms in total. The lowest BCUT2D eigenvalue weighted by Gasteiger charge is -2.50. The number of amides is 2. The molecule has 0 saturated carbocycles. The lowest BCUT2D eigenvalue weighted by Crippen LogP contribution is -2.71. The van der Waals surface area contributed by atoms with Gasteiger partial charge >= 0.3 is 5.97 Å². The molecule has 4 rings (SSSR count). The number of ether oxygens (including phenoxy) is 1. The summed E-state index contributed by atoms with van der Waals surface area (Å²) >= 11 is 6.57. The van der Waals surface area contributed by atoms with Gasteiger partial charge in [-0.25, -0.2) is 0 Å². The molecule has 2 aromatic carbocycles. The standard InChI is InChI=1S/C16H20N2.C15H16ClN3O8S/c1-3-7-15(8-4-1)13-17-11-12-18-14-16-9-5-2-6-10-16;1-6(20)27-4-7-5-28-14-10(13(23)19(14)11(7)15(24)25)17-12(22)9(18-26-2)8(21)3-16/h1-10,17-18H,11-14H2;10,14H,3-5H2,1-2H3,(H,17,22)(H,24,25)/p-1/b;18-9-/t;10-,14?/m.1/s1. The average Bonchev–Trinajstić information content (AvgIpc) is 3.06. The molecule has 3 N–H and O–H groups in total. The fourth-order valence-corrected chi connectivity index (χ4v) is 5.84. The molecule has 1 saturated heterocycles. The van der Waals surface area contributed by atoms with Crippen LogP contribution in [0, 0.1) is 0 Å². The number of carbonyl (C=O) groups excluding carboxylic acids is 5. The second kappa shape index (κ2) is 18.7. The van der Waals surface area contributed by atoms with Crippen molar-refractivity contribution in [2.24, 2.45) is 5.16 Å². The molecule has 15 heteroatoms. The van der Waals surface area contributed by atoms with Crippen LogP contribution in [0.4, 0.5) is 0 Å². The molecule has 2 heterocycles. The first-order valence-corrected chi connectivity index (χ1v) is 15.8. The maximum absolute atomic E-state index is 12.4. The average molecular weight is 673 g/mol. The van der Waals surface area contributed by atoms with Crippen LogP contribution in [0.2, 0.25) is 0 Å². The molecule has 2 aliphatic heterocycles. The van der Waals surface area contributed by atoms with Gasteiger partial charge in [0.2, 0.25) is 11.5 Å². The molecular formula is C31H35ClN5O8S-. The zero-order valence-electron chi connectivity index (χ0n) is 25.3. The van der Waals surface area contributed by atoms with E-state index in [4.69, 9.17) is 16.3 Å². The molecule has 0 radical (unpaired) electrons. The third-order valence-corrected chi connectivity index (χ3v) is 8.16. The molecule has 2 amide bonds. The van der Waals surface area contributed by atoms with E-state index in [0.717, 1.165) is 50.0 Å². The number of esters is 1. The first kappa shape index (κ1) is 36.2. The van der Waals surface area contributed by atoms with E-state index in [1.165, 1.54) is 18.1 Å². The van der Waals surface area contributed by atoms with Gasteiger partial charge in [0.1, 0.15) is 25.1 Å². The van der Waals surface area contributed by atoms with Crippen molar-refractivity contribution in [3.63, 3.8) is 0 Å². The minimum absolute atomic E-state index is 0.136. The summed E-state index contributed by atoms with van der Waals surface area (Å²) in [4.78, 5) is 64.2. The largest absolute Gasteiger partial charge is 0.543 e. The first-order chi connectivity index (χ1) is 22.2. The van der Waals surface area contributed by atoms with Crippen LogP contribution in [0.1, 0.15) is 18.1 Å². The molecule has 246 valence electrons. The van der Waals surface area contributed by atoms with E-state index in [1.54, 1.807) is 0 Å². The number of Topliss-reactive ketones (excluding diaryl/α,β-unsaturated/α-hetero) is 1. The summed E-state index contributed by atoms with van der Waals surface area (Å²) in [7, 11) is 1.13. The van der Waals surface area contributed by atoms with Gasteiger partial charge in [0.05, 0.1) is 17.5 Å². The van der Waals surface area contributed by atoms with Crippen LogP contribution in [-0.2, 0) is 46.6 Å². The number of alkyl halides is 1. The Bertz CT molecular complexity index is 1400. The Kier molecular flexibility index (Phi) is 14.7. The second-order valence-electron chi connectivity index (χ2n) is 9.88. The smallest absolute Gasteiger partial charge is 0.302 e. The van der Waals surface area contributed by atoms with Crippen molar-refractivity contribution in [2.45, 2.75) is 31.4 Å². The Hall–Kier alpha value is -4.24. The topological polar surface area (TPSA) is 179 Å². The number of oxime groups is 1. The highest BCUT2D eigenvalue weighted by molar-refractivity contribution is 8.00. The van der Waals surface area contributed by atoms with Crippen molar-refractivity contribution in [1.29, 1.82) is 0 Å². The second-order valence-corrected chi connectivity index (χ2v) is 11.3. The van der Waals surface area contributed by atoms with Crippen LogP contribution in [0.3, 0.4) is 0 Å². The molecule has 1 fully saturated rings. The minimum Gasteiger partial charge on any atom is -0.543 e. The molecule has 2 aliphatic rings. The quantitative estimate of drug-likeness (QED) is 0.0452. The molecule has 2 aromatic rings. The van der Waals surface area contributed by atoms with Gasteiger partial charge in [0, 0.05) is 44.4 Å². The maximum atomic E-state index is 12.4. The zero-order valence-corrected chi connectivity index (χ0v) is 26.9. The normalized spacial score (nSPS) is 17.2. The van der Waals surface area contributed by atoms with E-state index >= 15 is 0 Å². The molecule has 0 spiro atoms. The number of rotatable bonds is 15. The van der Waals surface area contributed by atoms with Crippen LogP contribution in [0.15, 0.2) is 77.1 Å². The highest BCUT2D eigenvalue weighted by Gasteiger charge is 2.53. The Morgan fingerprint density at radius 3 is 2.04 bits per heavy atom. The molecule has 0 aliphatic carbocycles. The van der Waals surface area contributed by atoms with Crippen molar-refractivity contribution in [3.8, 4) is 0 Å². The number of hydrogen-bond donors (Lipinski definition) is 3. The number of thioether (sulfide) groups is 1. The monoisotopic (exact) mass is 672 g/mol. The predicted octanol–water partition coefficient (Wildman–Crippen LogP) is 0.330. The number of aliphatic carboxylic acids is 1. The number of carbonyl (C=O) groups is 5.